The van der Waals surface area contributed by atoms with E-state index in [2.05, 4.69) is 72.6 Å². The quantitative estimate of drug-likeness (QED) is 0.194. The van der Waals surface area contributed by atoms with E-state index in [1.54, 1.807) is 0 Å². The third-order valence-corrected chi connectivity index (χ3v) is 4.28. The van der Waals surface area contributed by atoms with Crippen LogP contribution in [0.25, 0.3) is 0 Å². The van der Waals surface area contributed by atoms with Gasteiger partial charge in [0.1, 0.15) is 0 Å². The standard InChI is InChI=1S/C10H15I.C10H16O.CH4/c2*1-3-5-6-8-10(9-11)7-4-2;/h2,5-6,10H,3,7-9H2,1H3;2,5-6,10-11H,3,7-9H2,1H3;1H4/b2*6-5-;. The summed E-state index contributed by atoms with van der Waals surface area (Å²) in [4.78, 5) is 0. The van der Waals surface area contributed by atoms with E-state index in [0.29, 0.717) is 12.3 Å². The molecule has 0 fully saturated rings. The maximum Gasteiger partial charge on any atom is 0.0471 e. The molecule has 0 aromatic rings. The number of aliphatic hydroxyl groups is 1. The fourth-order valence-corrected chi connectivity index (χ4v) is 2.34. The Labute approximate surface area is 159 Å². The molecule has 0 spiro atoms. The Morgan fingerprint density at radius 1 is 0.913 bits per heavy atom. The third kappa shape index (κ3) is 21.3. The molecule has 0 aromatic carbocycles. The molecule has 1 N–H and O–H groups in total. The average molecular weight is 430 g/mol. The number of allylic oxidation sites excluding steroid dienone is 4. The predicted molar refractivity (Wildman–Crippen MR) is 115 cm³/mol. The van der Waals surface area contributed by atoms with Gasteiger partial charge in [-0.2, -0.15) is 0 Å². The van der Waals surface area contributed by atoms with Gasteiger partial charge in [0.2, 0.25) is 0 Å². The van der Waals surface area contributed by atoms with Gasteiger partial charge in [-0.25, -0.2) is 0 Å². The normalized spacial score (nSPS) is 12.6. The summed E-state index contributed by atoms with van der Waals surface area (Å²) in [6, 6.07) is 0. The van der Waals surface area contributed by atoms with Crippen molar-refractivity contribution in [1.82, 2.24) is 0 Å². The zero-order chi connectivity index (χ0) is 17.1. The number of hydrogen-bond donors (Lipinski definition) is 1. The molecule has 23 heavy (non-hydrogen) atoms. The van der Waals surface area contributed by atoms with Gasteiger partial charge in [-0.1, -0.05) is 68.2 Å². The summed E-state index contributed by atoms with van der Waals surface area (Å²) < 4.78 is 1.16. The Hall–Kier alpha value is -0.710. The van der Waals surface area contributed by atoms with Crippen molar-refractivity contribution < 1.29 is 5.11 Å². The van der Waals surface area contributed by atoms with E-state index in [1.807, 2.05) is 0 Å². The molecule has 0 aliphatic carbocycles. The van der Waals surface area contributed by atoms with Crippen molar-refractivity contribution in [3.8, 4) is 24.7 Å². The molecule has 0 saturated heterocycles. The first-order valence-electron chi connectivity index (χ1n) is 8.03. The lowest BCUT2D eigenvalue weighted by molar-refractivity contribution is 0.230. The molecule has 0 heterocycles. The van der Waals surface area contributed by atoms with Crippen LogP contribution in [0, 0.1) is 36.5 Å². The van der Waals surface area contributed by atoms with Crippen LogP contribution in [-0.2, 0) is 0 Å². The molecule has 2 atom stereocenters. The molecular formula is C21H35IO. The fraction of sp³-hybridized carbons (Fsp3) is 0.619. The molecule has 0 rings (SSSR count). The summed E-state index contributed by atoms with van der Waals surface area (Å²) in [7, 11) is 0. The average Bonchev–Trinajstić information content (AvgIpc) is 2.54. The number of aliphatic hydroxyl groups excluding tert-OH is 1. The summed E-state index contributed by atoms with van der Waals surface area (Å²) in [5.41, 5.74) is 0. The van der Waals surface area contributed by atoms with Crippen LogP contribution in [0.1, 0.15) is 59.8 Å². The number of halogens is 1. The molecule has 2 heteroatoms. The second kappa shape index (κ2) is 23.6. The van der Waals surface area contributed by atoms with Crippen LogP contribution in [0.2, 0.25) is 0 Å². The number of hydrogen-bond acceptors (Lipinski definition) is 1. The first-order chi connectivity index (χ1) is 10.7. The smallest absolute Gasteiger partial charge is 0.0471 e. The van der Waals surface area contributed by atoms with Gasteiger partial charge in [-0.3, -0.25) is 0 Å². The van der Waals surface area contributed by atoms with Crippen LogP contribution in [0.4, 0.5) is 0 Å². The Bertz CT molecular complexity index is 321. The second-order valence-electron chi connectivity index (χ2n) is 5.12. The largest absolute Gasteiger partial charge is 0.396 e. The molecule has 132 valence electrons. The fourth-order valence-electron chi connectivity index (χ4n) is 1.67. The van der Waals surface area contributed by atoms with E-state index in [9.17, 15) is 0 Å². The van der Waals surface area contributed by atoms with Crippen molar-refractivity contribution >= 4 is 22.6 Å². The lowest BCUT2D eigenvalue weighted by atomic mass is 10.0. The molecule has 0 aromatic heterocycles. The van der Waals surface area contributed by atoms with Gasteiger partial charge in [-0.05, 0) is 37.5 Å². The number of terminal acetylenes is 2. The first kappa shape index (κ1) is 27.2. The summed E-state index contributed by atoms with van der Waals surface area (Å²) >= 11 is 2.40. The van der Waals surface area contributed by atoms with Crippen LogP contribution >= 0.6 is 22.6 Å². The van der Waals surface area contributed by atoms with Crippen molar-refractivity contribution in [1.29, 1.82) is 0 Å². The molecule has 0 amide bonds. The zero-order valence-electron chi connectivity index (χ0n) is 14.1. The van der Waals surface area contributed by atoms with Crippen LogP contribution in [0.15, 0.2) is 24.3 Å². The maximum absolute atomic E-state index is 8.83. The maximum atomic E-state index is 8.83. The van der Waals surface area contributed by atoms with Gasteiger partial charge in [-0.15, -0.1) is 24.7 Å². The topological polar surface area (TPSA) is 20.2 Å². The van der Waals surface area contributed by atoms with Gasteiger partial charge in [0.15, 0.2) is 0 Å². The SMILES string of the molecule is C.C#CCC(CI)C/C=C\CC.C#CCC(CO)C/C=C\CC. The lowest BCUT2D eigenvalue weighted by Gasteiger charge is -2.05. The monoisotopic (exact) mass is 430 g/mol. The lowest BCUT2D eigenvalue weighted by Crippen LogP contribution is -2.02. The first-order valence-corrected chi connectivity index (χ1v) is 9.56. The second-order valence-corrected chi connectivity index (χ2v) is 6.00. The minimum absolute atomic E-state index is 0. The molecular weight excluding hydrogens is 395 g/mol. The summed E-state index contributed by atoms with van der Waals surface area (Å²) in [5, 5.41) is 8.83. The van der Waals surface area contributed by atoms with Crippen LogP contribution in [0.5, 0.6) is 0 Å². The van der Waals surface area contributed by atoms with E-state index < -0.39 is 0 Å². The predicted octanol–water partition coefficient (Wildman–Crippen LogP) is 6.03. The molecule has 0 radical (unpaired) electrons. The highest BCUT2D eigenvalue weighted by atomic mass is 127. The van der Waals surface area contributed by atoms with Crippen LogP contribution in [0.3, 0.4) is 0 Å². The molecule has 1 nitrogen and oxygen atoms in total. The van der Waals surface area contributed by atoms with Crippen molar-refractivity contribution in [2.45, 2.75) is 59.8 Å². The van der Waals surface area contributed by atoms with Gasteiger partial charge >= 0.3 is 0 Å². The van der Waals surface area contributed by atoms with Gasteiger partial charge in [0.05, 0.1) is 0 Å². The Morgan fingerprint density at radius 2 is 1.35 bits per heavy atom. The van der Waals surface area contributed by atoms with Crippen molar-refractivity contribution in [2.24, 2.45) is 11.8 Å². The zero-order valence-corrected chi connectivity index (χ0v) is 16.3. The highest BCUT2D eigenvalue weighted by molar-refractivity contribution is 14.1. The number of rotatable bonds is 10. The van der Waals surface area contributed by atoms with E-state index in [4.69, 9.17) is 18.0 Å². The summed E-state index contributed by atoms with van der Waals surface area (Å²) in [6.07, 6.45) is 24.8. The van der Waals surface area contributed by atoms with E-state index in [1.165, 1.54) is 0 Å². The molecule has 0 aliphatic heterocycles. The Morgan fingerprint density at radius 3 is 1.70 bits per heavy atom. The highest BCUT2D eigenvalue weighted by Gasteiger charge is 2.02. The summed E-state index contributed by atoms with van der Waals surface area (Å²) in [6.45, 7) is 4.43. The van der Waals surface area contributed by atoms with E-state index >= 15 is 0 Å². The summed E-state index contributed by atoms with van der Waals surface area (Å²) in [5.74, 6) is 6.19. The number of alkyl halides is 1. The Kier molecular flexibility index (Phi) is 27.8. The van der Waals surface area contributed by atoms with Crippen LogP contribution in [-0.4, -0.2) is 16.1 Å². The van der Waals surface area contributed by atoms with Crippen LogP contribution < -0.4 is 0 Å². The van der Waals surface area contributed by atoms with E-state index in [0.717, 1.165) is 36.5 Å². The molecule has 0 bridgehead atoms. The molecule has 0 aliphatic rings. The molecule has 0 saturated carbocycles. The Balaban J connectivity index is -0.000000333. The minimum Gasteiger partial charge on any atom is -0.396 e. The van der Waals surface area contributed by atoms with Crippen molar-refractivity contribution in [2.75, 3.05) is 11.0 Å². The third-order valence-electron chi connectivity index (χ3n) is 3.03. The molecule has 2 unspecified atom stereocenters. The van der Waals surface area contributed by atoms with Gasteiger partial charge in [0.25, 0.3) is 0 Å². The van der Waals surface area contributed by atoms with Gasteiger partial charge in [0, 0.05) is 23.9 Å². The van der Waals surface area contributed by atoms with Crippen molar-refractivity contribution in [3.63, 3.8) is 0 Å². The van der Waals surface area contributed by atoms with Crippen molar-refractivity contribution in [3.05, 3.63) is 24.3 Å². The van der Waals surface area contributed by atoms with E-state index in [-0.39, 0.29) is 20.0 Å². The minimum atomic E-state index is 0. The highest BCUT2D eigenvalue weighted by Crippen LogP contribution is 2.12. The van der Waals surface area contributed by atoms with Gasteiger partial charge < -0.3 is 5.11 Å².